The summed E-state index contributed by atoms with van der Waals surface area (Å²) >= 11 is 0. The van der Waals surface area contributed by atoms with Gasteiger partial charge in [-0.05, 0) is 47.9 Å². The number of fused-ring (bicyclic) bond motifs is 3. The Labute approximate surface area is 194 Å². The van der Waals surface area contributed by atoms with Gasteiger partial charge in [-0.25, -0.2) is 4.79 Å². The largest absolute Gasteiger partial charge is 0.481 e. The molecular weight excluding hydrogens is 420 g/mol. The summed E-state index contributed by atoms with van der Waals surface area (Å²) in [5.74, 6) is -0.926. The van der Waals surface area contributed by atoms with E-state index in [1.54, 1.807) is 0 Å². The van der Waals surface area contributed by atoms with E-state index in [-0.39, 0.29) is 43.2 Å². The zero-order valence-electron chi connectivity index (χ0n) is 19.2. The standard InChI is InChI=1S/C26H32N2O5/c1-17(15-25(30)31)13-14-27-24(29)12-11-18(2)28-26(32)33-16-23-21-9-5-3-7-19(21)20-8-4-6-10-22(20)23/h3-10,17-18,23H,11-16H2,1-2H3,(H,27,29)(H,28,32)(H,30,31). The smallest absolute Gasteiger partial charge is 0.407 e. The molecule has 1 aliphatic carbocycles. The predicted molar refractivity (Wildman–Crippen MR) is 126 cm³/mol. The number of ether oxygens (including phenoxy) is 1. The van der Waals surface area contributed by atoms with E-state index in [0.717, 1.165) is 11.1 Å². The molecule has 7 heteroatoms. The summed E-state index contributed by atoms with van der Waals surface area (Å²) in [6.07, 6.45) is 0.980. The number of hydrogen-bond donors (Lipinski definition) is 3. The van der Waals surface area contributed by atoms with Crippen LogP contribution in [0.3, 0.4) is 0 Å². The number of hydrogen-bond acceptors (Lipinski definition) is 4. The van der Waals surface area contributed by atoms with E-state index in [1.165, 1.54) is 11.1 Å². The molecular formula is C26H32N2O5. The lowest BCUT2D eigenvalue weighted by Crippen LogP contribution is -2.35. The van der Waals surface area contributed by atoms with Crippen molar-refractivity contribution in [3.05, 3.63) is 59.7 Å². The molecule has 0 saturated heterocycles. The molecule has 2 unspecified atom stereocenters. The molecule has 3 rings (SSSR count). The first-order valence-corrected chi connectivity index (χ1v) is 11.4. The van der Waals surface area contributed by atoms with Gasteiger partial charge in [0.15, 0.2) is 0 Å². The van der Waals surface area contributed by atoms with Gasteiger partial charge in [0.2, 0.25) is 5.91 Å². The number of carboxylic acid groups (broad SMARTS) is 1. The Morgan fingerprint density at radius 1 is 0.970 bits per heavy atom. The number of carbonyl (C=O) groups is 3. The minimum Gasteiger partial charge on any atom is -0.481 e. The highest BCUT2D eigenvalue weighted by atomic mass is 16.5. The van der Waals surface area contributed by atoms with Gasteiger partial charge in [0.05, 0.1) is 0 Å². The van der Waals surface area contributed by atoms with Crippen LogP contribution in [0.15, 0.2) is 48.5 Å². The summed E-state index contributed by atoms with van der Waals surface area (Å²) in [4.78, 5) is 35.0. The van der Waals surface area contributed by atoms with Gasteiger partial charge in [0.25, 0.3) is 0 Å². The molecule has 0 fully saturated rings. The van der Waals surface area contributed by atoms with E-state index in [2.05, 4.69) is 34.9 Å². The second-order valence-corrected chi connectivity index (χ2v) is 8.75. The molecule has 0 spiro atoms. The van der Waals surface area contributed by atoms with Crippen LogP contribution in [0, 0.1) is 5.92 Å². The number of nitrogens with one attached hydrogen (secondary N) is 2. The van der Waals surface area contributed by atoms with Crippen molar-refractivity contribution in [2.45, 2.75) is 51.5 Å². The molecule has 2 aromatic rings. The zero-order chi connectivity index (χ0) is 23.8. The Morgan fingerprint density at radius 3 is 2.18 bits per heavy atom. The van der Waals surface area contributed by atoms with Crippen LogP contribution in [0.5, 0.6) is 0 Å². The summed E-state index contributed by atoms with van der Waals surface area (Å²) in [6.45, 7) is 4.38. The van der Waals surface area contributed by atoms with Crippen LogP contribution >= 0.6 is 0 Å². The third kappa shape index (κ3) is 6.81. The maximum Gasteiger partial charge on any atom is 0.407 e. The van der Waals surface area contributed by atoms with Gasteiger partial charge < -0.3 is 20.5 Å². The fourth-order valence-electron chi connectivity index (χ4n) is 4.21. The van der Waals surface area contributed by atoms with E-state index in [9.17, 15) is 14.4 Å². The molecule has 0 radical (unpaired) electrons. The van der Waals surface area contributed by atoms with Gasteiger partial charge in [0, 0.05) is 31.3 Å². The van der Waals surface area contributed by atoms with Crippen molar-refractivity contribution < 1.29 is 24.2 Å². The molecule has 3 N–H and O–H groups in total. The van der Waals surface area contributed by atoms with Crippen LogP contribution < -0.4 is 10.6 Å². The van der Waals surface area contributed by atoms with Crippen molar-refractivity contribution in [2.24, 2.45) is 5.92 Å². The van der Waals surface area contributed by atoms with Crippen molar-refractivity contribution in [1.29, 1.82) is 0 Å². The molecule has 33 heavy (non-hydrogen) atoms. The quantitative estimate of drug-likeness (QED) is 0.471. The third-order valence-corrected chi connectivity index (χ3v) is 5.99. The van der Waals surface area contributed by atoms with Gasteiger partial charge in [0.1, 0.15) is 6.61 Å². The Kier molecular flexibility index (Phi) is 8.46. The van der Waals surface area contributed by atoms with Crippen LogP contribution in [-0.2, 0) is 14.3 Å². The van der Waals surface area contributed by atoms with E-state index >= 15 is 0 Å². The first-order valence-electron chi connectivity index (χ1n) is 11.4. The molecule has 0 aliphatic heterocycles. The first kappa shape index (κ1) is 24.3. The summed E-state index contributed by atoms with van der Waals surface area (Å²) in [5.41, 5.74) is 4.68. The van der Waals surface area contributed by atoms with Gasteiger partial charge in [-0.1, -0.05) is 55.5 Å². The monoisotopic (exact) mass is 452 g/mol. The number of benzene rings is 2. The average Bonchev–Trinajstić information content (AvgIpc) is 3.09. The lowest BCUT2D eigenvalue weighted by Gasteiger charge is -2.17. The maximum absolute atomic E-state index is 12.3. The van der Waals surface area contributed by atoms with Crippen LogP contribution in [0.4, 0.5) is 4.79 Å². The highest BCUT2D eigenvalue weighted by Crippen LogP contribution is 2.44. The molecule has 2 aromatic carbocycles. The van der Waals surface area contributed by atoms with Gasteiger partial charge in [-0.15, -0.1) is 0 Å². The predicted octanol–water partition coefficient (Wildman–Crippen LogP) is 4.31. The topological polar surface area (TPSA) is 105 Å². The first-order chi connectivity index (χ1) is 15.8. The van der Waals surface area contributed by atoms with Crippen LogP contribution in [0.1, 0.15) is 56.6 Å². The summed E-state index contributed by atoms with van der Waals surface area (Å²) in [6, 6.07) is 16.1. The number of amides is 2. The number of carboxylic acids is 1. The van der Waals surface area contributed by atoms with Crippen LogP contribution in [-0.4, -0.2) is 42.3 Å². The molecule has 0 heterocycles. The molecule has 1 aliphatic rings. The molecule has 2 amide bonds. The maximum atomic E-state index is 12.3. The molecule has 0 aromatic heterocycles. The summed E-state index contributed by atoms with van der Waals surface area (Å²) in [5, 5.41) is 14.4. The number of aliphatic carboxylic acids is 1. The van der Waals surface area contributed by atoms with Crippen molar-refractivity contribution in [3.63, 3.8) is 0 Å². The number of alkyl carbamates (subject to hydrolysis) is 1. The normalized spacial score (nSPS) is 14.0. The molecule has 0 saturated carbocycles. The highest BCUT2D eigenvalue weighted by Gasteiger charge is 2.29. The van der Waals surface area contributed by atoms with Crippen molar-refractivity contribution in [1.82, 2.24) is 10.6 Å². The highest BCUT2D eigenvalue weighted by molar-refractivity contribution is 5.79. The SMILES string of the molecule is CC(CCNC(=O)CCC(C)NC(=O)OCC1c2ccccc2-c2ccccc21)CC(=O)O. The van der Waals surface area contributed by atoms with E-state index in [4.69, 9.17) is 9.84 Å². The Bertz CT molecular complexity index is 945. The van der Waals surface area contributed by atoms with Crippen LogP contribution in [0.2, 0.25) is 0 Å². The van der Waals surface area contributed by atoms with Gasteiger partial charge >= 0.3 is 12.1 Å². The zero-order valence-corrected chi connectivity index (χ0v) is 19.2. The van der Waals surface area contributed by atoms with Crippen molar-refractivity contribution >= 4 is 18.0 Å². The van der Waals surface area contributed by atoms with E-state index < -0.39 is 12.1 Å². The number of rotatable bonds is 11. The second kappa shape index (κ2) is 11.5. The number of carbonyl (C=O) groups excluding carboxylic acids is 2. The second-order valence-electron chi connectivity index (χ2n) is 8.75. The third-order valence-electron chi connectivity index (χ3n) is 5.99. The average molecular weight is 453 g/mol. The van der Waals surface area contributed by atoms with Crippen molar-refractivity contribution in [2.75, 3.05) is 13.2 Å². The van der Waals surface area contributed by atoms with E-state index in [0.29, 0.717) is 19.4 Å². The van der Waals surface area contributed by atoms with Gasteiger partial charge in [-0.2, -0.15) is 0 Å². The molecule has 7 nitrogen and oxygen atoms in total. The van der Waals surface area contributed by atoms with Crippen LogP contribution in [0.25, 0.3) is 11.1 Å². The fraction of sp³-hybridized carbons (Fsp3) is 0.423. The fourth-order valence-corrected chi connectivity index (χ4v) is 4.21. The molecule has 0 bridgehead atoms. The lowest BCUT2D eigenvalue weighted by molar-refractivity contribution is -0.138. The Hall–Kier alpha value is -3.35. The minimum absolute atomic E-state index is 0.00718. The van der Waals surface area contributed by atoms with Crippen molar-refractivity contribution in [3.8, 4) is 11.1 Å². The van der Waals surface area contributed by atoms with Gasteiger partial charge in [-0.3, -0.25) is 9.59 Å². The van der Waals surface area contributed by atoms with E-state index in [1.807, 2.05) is 38.1 Å². The Morgan fingerprint density at radius 2 is 1.58 bits per heavy atom. The summed E-state index contributed by atoms with van der Waals surface area (Å²) in [7, 11) is 0. The Balaban J connectivity index is 1.39. The molecule has 2 atom stereocenters. The molecule has 176 valence electrons. The minimum atomic E-state index is -0.832. The summed E-state index contributed by atoms with van der Waals surface area (Å²) < 4.78 is 5.54. The lowest BCUT2D eigenvalue weighted by atomic mass is 9.98.